The number of urea groups is 1. The number of carbonyl (C=O) groups excluding carboxylic acids is 1. The van der Waals surface area contributed by atoms with Crippen molar-refractivity contribution in [3.05, 3.63) is 29.6 Å². The quantitative estimate of drug-likeness (QED) is 0.839. The highest BCUT2D eigenvalue weighted by atomic mass is 16.2. The SMILES string of the molecule is Cc1nc2ccc(CCN(C)C(N)=O)cc2[nH]1. The Bertz CT molecular complexity index is 546. The molecule has 0 spiro atoms. The van der Waals surface area contributed by atoms with Crippen LogP contribution in [0.5, 0.6) is 0 Å². The third kappa shape index (κ3) is 2.55. The van der Waals surface area contributed by atoms with Gasteiger partial charge in [-0.25, -0.2) is 9.78 Å². The minimum Gasteiger partial charge on any atom is -0.351 e. The van der Waals surface area contributed by atoms with E-state index in [1.165, 1.54) is 4.90 Å². The molecular formula is C12H16N4O. The molecule has 1 aromatic heterocycles. The fraction of sp³-hybridized carbons (Fsp3) is 0.333. The molecule has 2 aromatic rings. The zero-order valence-corrected chi connectivity index (χ0v) is 10.0. The van der Waals surface area contributed by atoms with Crippen molar-refractivity contribution in [2.45, 2.75) is 13.3 Å². The standard InChI is InChI=1S/C12H16N4O/c1-8-14-10-4-3-9(7-11(10)15-8)5-6-16(2)12(13)17/h3-4,7H,5-6H2,1-2H3,(H2,13,17)(H,14,15). The van der Waals surface area contributed by atoms with Gasteiger partial charge in [0.2, 0.25) is 0 Å². The summed E-state index contributed by atoms with van der Waals surface area (Å²) in [6, 6.07) is 5.67. The molecule has 2 amide bonds. The third-order valence-electron chi connectivity index (χ3n) is 2.78. The Balaban J connectivity index is 2.11. The Hall–Kier alpha value is -2.04. The highest BCUT2D eigenvalue weighted by molar-refractivity contribution is 5.76. The largest absolute Gasteiger partial charge is 0.351 e. The normalized spacial score (nSPS) is 10.7. The van der Waals surface area contributed by atoms with E-state index in [-0.39, 0.29) is 0 Å². The summed E-state index contributed by atoms with van der Waals surface area (Å²) < 4.78 is 0. The van der Waals surface area contributed by atoms with Crippen molar-refractivity contribution in [3.63, 3.8) is 0 Å². The number of likely N-dealkylation sites (N-methyl/N-ethyl adjacent to an activating group) is 1. The number of fused-ring (bicyclic) bond motifs is 1. The number of rotatable bonds is 3. The number of aromatic nitrogens is 2. The summed E-state index contributed by atoms with van der Waals surface area (Å²) >= 11 is 0. The average Bonchev–Trinajstić information content (AvgIpc) is 2.64. The van der Waals surface area contributed by atoms with Gasteiger partial charge >= 0.3 is 6.03 Å². The molecule has 0 bridgehead atoms. The lowest BCUT2D eigenvalue weighted by molar-refractivity contribution is 0.219. The summed E-state index contributed by atoms with van der Waals surface area (Å²) in [5.74, 6) is 0.909. The molecule has 0 saturated carbocycles. The molecule has 0 fully saturated rings. The van der Waals surface area contributed by atoms with Crippen molar-refractivity contribution in [1.82, 2.24) is 14.9 Å². The Morgan fingerprint density at radius 1 is 1.53 bits per heavy atom. The number of aryl methyl sites for hydroxylation is 1. The van der Waals surface area contributed by atoms with Gasteiger partial charge in [0.15, 0.2) is 0 Å². The summed E-state index contributed by atoms with van der Waals surface area (Å²) in [7, 11) is 1.70. The Kier molecular flexibility index (Phi) is 2.99. The van der Waals surface area contributed by atoms with Crippen LogP contribution in [0.2, 0.25) is 0 Å². The fourth-order valence-corrected chi connectivity index (χ4v) is 1.75. The van der Waals surface area contributed by atoms with Crippen LogP contribution in [0.4, 0.5) is 4.79 Å². The van der Waals surface area contributed by atoms with Crippen molar-refractivity contribution in [1.29, 1.82) is 0 Å². The average molecular weight is 232 g/mol. The predicted octanol–water partition coefficient (Wildman–Crippen LogP) is 1.42. The number of primary amides is 1. The number of nitrogens with one attached hydrogen (secondary N) is 1. The second kappa shape index (κ2) is 4.45. The number of H-pyrrole nitrogens is 1. The highest BCUT2D eigenvalue weighted by Crippen LogP contribution is 2.14. The maximum Gasteiger partial charge on any atom is 0.314 e. The highest BCUT2D eigenvalue weighted by Gasteiger charge is 2.04. The maximum atomic E-state index is 10.9. The number of benzene rings is 1. The van der Waals surface area contributed by atoms with Gasteiger partial charge in [-0.2, -0.15) is 0 Å². The number of aromatic amines is 1. The van der Waals surface area contributed by atoms with Crippen LogP contribution in [0.1, 0.15) is 11.4 Å². The molecule has 90 valence electrons. The lowest BCUT2D eigenvalue weighted by atomic mass is 10.1. The van der Waals surface area contributed by atoms with Crippen LogP contribution in [-0.2, 0) is 6.42 Å². The second-order valence-corrected chi connectivity index (χ2v) is 4.18. The van der Waals surface area contributed by atoms with Gasteiger partial charge in [0, 0.05) is 13.6 Å². The molecule has 5 nitrogen and oxygen atoms in total. The molecule has 2 rings (SSSR count). The van der Waals surface area contributed by atoms with Gasteiger partial charge in [-0.1, -0.05) is 6.07 Å². The van der Waals surface area contributed by atoms with E-state index in [2.05, 4.69) is 16.0 Å². The minimum absolute atomic E-state index is 0.400. The van der Waals surface area contributed by atoms with Gasteiger partial charge < -0.3 is 15.6 Å². The van der Waals surface area contributed by atoms with Crippen molar-refractivity contribution in [2.75, 3.05) is 13.6 Å². The van der Waals surface area contributed by atoms with Gasteiger partial charge in [0.1, 0.15) is 5.82 Å². The molecule has 5 heteroatoms. The van der Waals surface area contributed by atoms with Crippen LogP contribution in [0.15, 0.2) is 18.2 Å². The van der Waals surface area contributed by atoms with E-state index in [4.69, 9.17) is 5.73 Å². The zero-order chi connectivity index (χ0) is 12.4. The lowest BCUT2D eigenvalue weighted by Gasteiger charge is -2.13. The van der Waals surface area contributed by atoms with E-state index in [1.807, 2.05) is 19.1 Å². The maximum absolute atomic E-state index is 10.9. The Morgan fingerprint density at radius 3 is 3.00 bits per heavy atom. The van der Waals surface area contributed by atoms with E-state index in [0.717, 1.165) is 28.8 Å². The molecule has 0 atom stereocenters. The first kappa shape index (κ1) is 11.4. The molecule has 0 saturated heterocycles. The number of hydrogen-bond acceptors (Lipinski definition) is 2. The smallest absolute Gasteiger partial charge is 0.314 e. The summed E-state index contributed by atoms with van der Waals surface area (Å²) in [6.45, 7) is 2.55. The molecule has 0 aliphatic heterocycles. The fourth-order valence-electron chi connectivity index (χ4n) is 1.75. The van der Waals surface area contributed by atoms with Gasteiger partial charge in [-0.3, -0.25) is 0 Å². The monoisotopic (exact) mass is 232 g/mol. The number of imidazole rings is 1. The van der Waals surface area contributed by atoms with E-state index < -0.39 is 6.03 Å². The number of hydrogen-bond donors (Lipinski definition) is 2. The van der Waals surface area contributed by atoms with Crippen LogP contribution >= 0.6 is 0 Å². The molecule has 0 aliphatic carbocycles. The molecule has 0 unspecified atom stereocenters. The Morgan fingerprint density at radius 2 is 2.29 bits per heavy atom. The van der Waals surface area contributed by atoms with E-state index in [9.17, 15) is 4.79 Å². The lowest BCUT2D eigenvalue weighted by Crippen LogP contribution is -2.33. The molecule has 0 aliphatic rings. The van der Waals surface area contributed by atoms with Gasteiger partial charge in [-0.05, 0) is 31.0 Å². The van der Waals surface area contributed by atoms with Crippen LogP contribution in [0.25, 0.3) is 11.0 Å². The number of carbonyl (C=O) groups is 1. The zero-order valence-electron chi connectivity index (χ0n) is 10.0. The number of nitrogens with two attached hydrogens (primary N) is 1. The molecule has 0 radical (unpaired) electrons. The van der Waals surface area contributed by atoms with Crippen LogP contribution < -0.4 is 5.73 Å². The minimum atomic E-state index is -0.400. The molecule has 1 aromatic carbocycles. The van der Waals surface area contributed by atoms with Crippen molar-refractivity contribution in [2.24, 2.45) is 5.73 Å². The van der Waals surface area contributed by atoms with Gasteiger partial charge in [-0.15, -0.1) is 0 Å². The first-order valence-corrected chi connectivity index (χ1v) is 5.52. The second-order valence-electron chi connectivity index (χ2n) is 4.18. The number of amides is 2. The molecular weight excluding hydrogens is 216 g/mol. The predicted molar refractivity (Wildman–Crippen MR) is 66.7 cm³/mol. The van der Waals surface area contributed by atoms with Crippen LogP contribution in [0, 0.1) is 6.92 Å². The first-order chi connectivity index (χ1) is 8.06. The van der Waals surface area contributed by atoms with E-state index in [1.54, 1.807) is 7.05 Å². The topological polar surface area (TPSA) is 75.0 Å². The summed E-state index contributed by atoms with van der Waals surface area (Å²) in [5.41, 5.74) is 8.32. The van der Waals surface area contributed by atoms with Crippen molar-refractivity contribution in [3.8, 4) is 0 Å². The van der Waals surface area contributed by atoms with Crippen LogP contribution in [-0.4, -0.2) is 34.5 Å². The Labute approximate surface area is 99.6 Å². The molecule has 17 heavy (non-hydrogen) atoms. The van der Waals surface area contributed by atoms with Gasteiger partial charge in [0.25, 0.3) is 0 Å². The molecule has 1 heterocycles. The third-order valence-corrected chi connectivity index (χ3v) is 2.78. The van der Waals surface area contributed by atoms with Crippen molar-refractivity contribution >= 4 is 17.1 Å². The number of nitrogens with zero attached hydrogens (tertiary/aromatic N) is 2. The van der Waals surface area contributed by atoms with Gasteiger partial charge in [0.05, 0.1) is 11.0 Å². The summed E-state index contributed by atoms with van der Waals surface area (Å²) in [5, 5.41) is 0. The summed E-state index contributed by atoms with van der Waals surface area (Å²) in [4.78, 5) is 19.9. The van der Waals surface area contributed by atoms with E-state index >= 15 is 0 Å². The molecule has 3 N–H and O–H groups in total. The first-order valence-electron chi connectivity index (χ1n) is 5.52. The van der Waals surface area contributed by atoms with Crippen LogP contribution in [0.3, 0.4) is 0 Å². The van der Waals surface area contributed by atoms with E-state index in [0.29, 0.717) is 6.54 Å². The van der Waals surface area contributed by atoms with Crippen molar-refractivity contribution < 1.29 is 4.79 Å². The summed E-state index contributed by atoms with van der Waals surface area (Å²) in [6.07, 6.45) is 0.785.